The first kappa shape index (κ1) is 16.9. The van der Waals surface area contributed by atoms with Gasteiger partial charge >= 0.3 is 0 Å². The van der Waals surface area contributed by atoms with Gasteiger partial charge in [0.2, 0.25) is 5.91 Å². The van der Waals surface area contributed by atoms with Crippen molar-refractivity contribution in [3.8, 4) is 0 Å². The molecule has 0 aromatic heterocycles. The Kier molecular flexibility index (Phi) is 5.93. The maximum absolute atomic E-state index is 12.3. The summed E-state index contributed by atoms with van der Waals surface area (Å²) in [7, 11) is -1.36. The van der Waals surface area contributed by atoms with E-state index in [-0.39, 0.29) is 17.7 Å². The summed E-state index contributed by atoms with van der Waals surface area (Å²) in [6, 6.07) is 9.94. The molecule has 1 amide bonds. The molecule has 2 atom stereocenters. The van der Waals surface area contributed by atoms with Crippen molar-refractivity contribution < 1.29 is 9.00 Å². The zero-order chi connectivity index (χ0) is 15.3. The minimum Gasteiger partial charge on any atom is -0.274 e. The molecule has 0 radical (unpaired) electrons. The van der Waals surface area contributed by atoms with Gasteiger partial charge in [-0.2, -0.15) is 0 Å². The third-order valence-electron chi connectivity index (χ3n) is 3.19. The van der Waals surface area contributed by atoms with E-state index in [0.29, 0.717) is 6.42 Å². The third-order valence-corrected chi connectivity index (χ3v) is 4.69. The Morgan fingerprint density at radius 1 is 1.20 bits per heavy atom. The first-order chi connectivity index (χ1) is 9.21. The van der Waals surface area contributed by atoms with Crippen molar-refractivity contribution >= 4 is 16.9 Å². The van der Waals surface area contributed by atoms with Gasteiger partial charge in [0, 0.05) is 5.92 Å². The van der Waals surface area contributed by atoms with Gasteiger partial charge in [0.1, 0.15) is 11.0 Å². The van der Waals surface area contributed by atoms with Crippen LogP contribution in [0.15, 0.2) is 30.3 Å². The standard InChI is InChI=1S/C16H25NO2S/c1-12(2)14(11-13-9-7-6-8-10-13)15(18)17-20(19)16(3,4)5/h6-10,12,14H,11H2,1-5H3,(H,17,18)/t14-,20?/m1/s1. The van der Waals surface area contributed by atoms with Gasteiger partial charge in [0.25, 0.3) is 0 Å². The van der Waals surface area contributed by atoms with Gasteiger partial charge < -0.3 is 0 Å². The van der Waals surface area contributed by atoms with Crippen LogP contribution in [0.5, 0.6) is 0 Å². The van der Waals surface area contributed by atoms with E-state index in [1.165, 1.54) is 0 Å². The Morgan fingerprint density at radius 3 is 2.20 bits per heavy atom. The molecule has 0 aliphatic heterocycles. The molecule has 0 bridgehead atoms. The first-order valence-corrected chi connectivity index (χ1v) is 8.13. The fourth-order valence-corrected chi connectivity index (χ4v) is 2.46. The van der Waals surface area contributed by atoms with E-state index in [2.05, 4.69) is 4.72 Å². The smallest absolute Gasteiger partial charge is 0.235 e. The molecule has 20 heavy (non-hydrogen) atoms. The van der Waals surface area contributed by atoms with Gasteiger partial charge in [-0.1, -0.05) is 44.2 Å². The highest BCUT2D eigenvalue weighted by atomic mass is 32.2. The second-order valence-electron chi connectivity index (χ2n) is 6.39. The zero-order valence-corrected chi connectivity index (χ0v) is 13.8. The predicted molar refractivity (Wildman–Crippen MR) is 84.5 cm³/mol. The second kappa shape index (κ2) is 7.02. The van der Waals surface area contributed by atoms with Crippen molar-refractivity contribution in [3.63, 3.8) is 0 Å². The number of hydrogen-bond acceptors (Lipinski definition) is 2. The van der Waals surface area contributed by atoms with E-state index >= 15 is 0 Å². The number of carbonyl (C=O) groups is 1. The van der Waals surface area contributed by atoms with E-state index in [1.54, 1.807) is 0 Å². The molecule has 0 aliphatic carbocycles. The van der Waals surface area contributed by atoms with Crippen LogP contribution in [0, 0.1) is 11.8 Å². The summed E-state index contributed by atoms with van der Waals surface area (Å²) >= 11 is 0. The quantitative estimate of drug-likeness (QED) is 0.907. The molecule has 1 aromatic carbocycles. The van der Waals surface area contributed by atoms with Gasteiger partial charge in [-0.3, -0.25) is 9.52 Å². The molecule has 0 aliphatic rings. The Morgan fingerprint density at radius 2 is 1.75 bits per heavy atom. The minimum atomic E-state index is -1.36. The van der Waals surface area contributed by atoms with Crippen molar-refractivity contribution in [2.75, 3.05) is 0 Å². The molecule has 4 heteroatoms. The number of rotatable bonds is 5. The number of hydrogen-bond donors (Lipinski definition) is 1. The van der Waals surface area contributed by atoms with Gasteiger partial charge in [0.15, 0.2) is 0 Å². The number of carbonyl (C=O) groups excluding carboxylic acids is 1. The molecule has 112 valence electrons. The van der Waals surface area contributed by atoms with Crippen molar-refractivity contribution in [3.05, 3.63) is 35.9 Å². The maximum atomic E-state index is 12.3. The zero-order valence-electron chi connectivity index (χ0n) is 13.0. The lowest BCUT2D eigenvalue weighted by Crippen LogP contribution is -2.42. The molecule has 1 N–H and O–H groups in total. The maximum Gasteiger partial charge on any atom is 0.235 e. The summed E-state index contributed by atoms with van der Waals surface area (Å²) in [5.41, 5.74) is 1.13. The van der Waals surface area contributed by atoms with Crippen LogP contribution in [-0.4, -0.2) is 14.9 Å². The number of nitrogens with one attached hydrogen (secondary N) is 1. The molecular weight excluding hydrogens is 270 g/mol. The third kappa shape index (κ3) is 5.08. The van der Waals surface area contributed by atoms with Crippen LogP contribution in [-0.2, 0) is 22.2 Å². The monoisotopic (exact) mass is 295 g/mol. The van der Waals surface area contributed by atoms with Gasteiger partial charge in [0.05, 0.1) is 4.75 Å². The molecule has 1 rings (SSSR count). The highest BCUT2D eigenvalue weighted by Crippen LogP contribution is 2.19. The fourth-order valence-electron chi connectivity index (χ4n) is 1.82. The molecule has 1 unspecified atom stereocenters. The van der Waals surface area contributed by atoms with Crippen molar-refractivity contribution in [1.29, 1.82) is 0 Å². The molecular formula is C16H25NO2S. The van der Waals surface area contributed by atoms with Crippen LogP contribution in [0.3, 0.4) is 0 Å². The Hall–Kier alpha value is -1.16. The molecule has 0 saturated heterocycles. The van der Waals surface area contributed by atoms with Gasteiger partial charge in [-0.15, -0.1) is 0 Å². The molecule has 0 fully saturated rings. The van der Waals surface area contributed by atoms with Gasteiger partial charge in [-0.05, 0) is 38.7 Å². The van der Waals surface area contributed by atoms with Crippen molar-refractivity contribution in [2.24, 2.45) is 11.8 Å². The highest BCUT2D eigenvalue weighted by molar-refractivity contribution is 7.85. The van der Waals surface area contributed by atoms with Crippen LogP contribution in [0.4, 0.5) is 0 Å². The van der Waals surface area contributed by atoms with Gasteiger partial charge in [-0.25, -0.2) is 4.21 Å². The summed E-state index contributed by atoms with van der Waals surface area (Å²) < 4.78 is 14.2. The summed E-state index contributed by atoms with van der Waals surface area (Å²) in [5, 5.41) is 0. The lowest BCUT2D eigenvalue weighted by Gasteiger charge is -2.23. The topological polar surface area (TPSA) is 46.2 Å². The SMILES string of the molecule is CC(C)[C@@H](Cc1ccccc1)C(=O)NS(=O)C(C)(C)C. The van der Waals surface area contributed by atoms with Crippen LogP contribution in [0.25, 0.3) is 0 Å². The normalized spacial score (nSPS) is 14.9. The van der Waals surface area contributed by atoms with Crippen LogP contribution >= 0.6 is 0 Å². The number of benzene rings is 1. The van der Waals surface area contributed by atoms with Crippen molar-refractivity contribution in [1.82, 2.24) is 4.72 Å². The molecule has 0 saturated carbocycles. The molecule has 1 aromatic rings. The van der Waals surface area contributed by atoms with E-state index in [0.717, 1.165) is 5.56 Å². The van der Waals surface area contributed by atoms with E-state index in [9.17, 15) is 9.00 Å². The van der Waals surface area contributed by atoms with E-state index in [4.69, 9.17) is 0 Å². The summed E-state index contributed by atoms with van der Waals surface area (Å²) in [4.78, 5) is 12.3. The Balaban J connectivity index is 2.77. The highest BCUT2D eigenvalue weighted by Gasteiger charge is 2.27. The lowest BCUT2D eigenvalue weighted by molar-refractivity contribution is -0.124. The van der Waals surface area contributed by atoms with Crippen LogP contribution in [0.2, 0.25) is 0 Å². The average molecular weight is 295 g/mol. The van der Waals surface area contributed by atoms with Crippen LogP contribution < -0.4 is 4.72 Å². The summed E-state index contributed by atoms with van der Waals surface area (Å²) in [6.07, 6.45) is 0.672. The Bertz CT molecular complexity index is 463. The second-order valence-corrected chi connectivity index (χ2v) is 8.35. The summed E-state index contributed by atoms with van der Waals surface area (Å²) in [5.74, 6) is -0.0898. The van der Waals surface area contributed by atoms with E-state index < -0.39 is 15.7 Å². The molecule has 3 nitrogen and oxygen atoms in total. The molecule has 0 heterocycles. The molecule has 0 spiro atoms. The van der Waals surface area contributed by atoms with Crippen molar-refractivity contribution in [2.45, 2.75) is 45.8 Å². The van der Waals surface area contributed by atoms with Crippen LogP contribution in [0.1, 0.15) is 40.2 Å². The first-order valence-electron chi connectivity index (χ1n) is 6.98. The lowest BCUT2D eigenvalue weighted by atomic mass is 9.89. The Labute approximate surface area is 124 Å². The number of amides is 1. The largest absolute Gasteiger partial charge is 0.274 e. The van der Waals surface area contributed by atoms with E-state index in [1.807, 2.05) is 65.0 Å². The average Bonchev–Trinajstić information content (AvgIpc) is 2.35. The minimum absolute atomic E-state index is 0.128. The summed E-state index contributed by atoms with van der Waals surface area (Å²) in [6.45, 7) is 9.60. The predicted octanol–water partition coefficient (Wildman–Crippen LogP) is 3.08. The fraction of sp³-hybridized carbons (Fsp3) is 0.562.